The number of likely N-dealkylation sites (tertiary alicyclic amines) is 2. The number of ether oxygens (including phenoxy) is 2. The maximum atomic E-state index is 13.8. The standard InChI is InChI=1S/C52H62F4N14O8/c53-51(54)27-35(29-57)69(33-51)45(71)31-65-47(73)39-9-13-61-43-7-5-37(25-41(39)43)77-23-3-1-11-63-49(75)67-19-15-59-17-21-68(22-18-60-16-20-67)50(76)64-12-2-4-24-78-38-6-8-44-42(26-38)40(10-14-62-44)48(74)66-32-46(72)70-34-52(55,56)28-36(70)30-58/h5-10,13-14,25-26,35-36,59-60H,1-4,11-12,15-24,27-28,31-34H2,(H,63,75)(H,64,76)(H,65,73)(H,66,74)/t35-,36-/m0/s1. The van der Waals surface area contributed by atoms with E-state index in [1.807, 2.05) is 0 Å². The first kappa shape index (κ1) is 57.6. The van der Waals surface area contributed by atoms with Crippen LogP contribution in [0.1, 0.15) is 59.2 Å². The van der Waals surface area contributed by atoms with E-state index < -0.39 is 86.6 Å². The first-order valence-corrected chi connectivity index (χ1v) is 25.7. The van der Waals surface area contributed by atoms with E-state index in [-0.39, 0.29) is 23.2 Å². The third-order valence-corrected chi connectivity index (χ3v) is 13.2. The van der Waals surface area contributed by atoms with Gasteiger partial charge >= 0.3 is 12.1 Å². The first-order valence-electron chi connectivity index (χ1n) is 25.7. The minimum absolute atomic E-state index is 0.201. The first-order chi connectivity index (χ1) is 37.5. The van der Waals surface area contributed by atoms with Crippen LogP contribution in [0.25, 0.3) is 21.8 Å². The fourth-order valence-electron chi connectivity index (χ4n) is 9.10. The topological polar surface area (TPSA) is 279 Å². The Labute approximate surface area is 447 Å². The van der Waals surface area contributed by atoms with Crippen molar-refractivity contribution in [2.24, 2.45) is 0 Å². The average molecular weight is 1090 g/mol. The van der Waals surface area contributed by atoms with Crippen LogP contribution < -0.4 is 41.4 Å². The Morgan fingerprint density at radius 1 is 0.590 bits per heavy atom. The molecule has 3 saturated heterocycles. The number of hydrogen-bond donors (Lipinski definition) is 6. The van der Waals surface area contributed by atoms with Crippen LogP contribution in [-0.4, -0.2) is 194 Å². The summed E-state index contributed by atoms with van der Waals surface area (Å²) in [5, 5.41) is 36.9. The highest BCUT2D eigenvalue weighted by Gasteiger charge is 2.48. The number of alkyl halides is 4. The predicted molar refractivity (Wildman–Crippen MR) is 275 cm³/mol. The molecule has 8 amide bonds. The van der Waals surface area contributed by atoms with Crippen LogP contribution in [0.3, 0.4) is 0 Å². The summed E-state index contributed by atoms with van der Waals surface area (Å²) >= 11 is 0. The second kappa shape index (κ2) is 27.3. The second-order valence-corrected chi connectivity index (χ2v) is 18.9. The number of halogens is 4. The van der Waals surface area contributed by atoms with Gasteiger partial charge in [-0.15, -0.1) is 0 Å². The summed E-state index contributed by atoms with van der Waals surface area (Å²) in [4.78, 5) is 91.4. The lowest BCUT2D eigenvalue weighted by atomic mass is 10.1. The Morgan fingerprint density at radius 3 is 1.37 bits per heavy atom. The van der Waals surface area contributed by atoms with E-state index in [1.165, 1.54) is 24.5 Å². The number of unbranched alkanes of at least 4 members (excludes halogenated alkanes) is 2. The highest BCUT2D eigenvalue weighted by Crippen LogP contribution is 2.33. The van der Waals surface area contributed by atoms with Crippen LogP contribution in [0.15, 0.2) is 60.9 Å². The molecule has 7 rings (SSSR count). The molecule has 416 valence electrons. The van der Waals surface area contributed by atoms with Gasteiger partial charge in [-0.2, -0.15) is 10.5 Å². The number of urea groups is 2. The Morgan fingerprint density at radius 2 is 0.987 bits per heavy atom. The second-order valence-electron chi connectivity index (χ2n) is 18.9. The number of rotatable bonds is 18. The summed E-state index contributed by atoms with van der Waals surface area (Å²) in [6, 6.07) is 13.5. The van der Waals surface area contributed by atoms with Gasteiger partial charge < -0.3 is 61.0 Å². The highest BCUT2D eigenvalue weighted by atomic mass is 19.3. The van der Waals surface area contributed by atoms with Gasteiger partial charge in [0.05, 0.1) is 73.7 Å². The van der Waals surface area contributed by atoms with Crippen molar-refractivity contribution in [3.05, 3.63) is 72.1 Å². The highest BCUT2D eigenvalue weighted by molar-refractivity contribution is 6.08. The number of amides is 8. The van der Waals surface area contributed by atoms with Gasteiger partial charge in [0.15, 0.2) is 0 Å². The smallest absolute Gasteiger partial charge is 0.317 e. The summed E-state index contributed by atoms with van der Waals surface area (Å²) in [5.74, 6) is -8.22. The van der Waals surface area contributed by atoms with Gasteiger partial charge in [-0.25, -0.2) is 27.2 Å². The lowest BCUT2D eigenvalue weighted by Crippen LogP contribution is -2.50. The molecule has 0 saturated carbocycles. The summed E-state index contributed by atoms with van der Waals surface area (Å²) in [5.41, 5.74) is 1.40. The van der Waals surface area contributed by atoms with Gasteiger partial charge in [0.25, 0.3) is 23.7 Å². The van der Waals surface area contributed by atoms with E-state index in [0.29, 0.717) is 138 Å². The maximum absolute atomic E-state index is 13.8. The molecule has 3 aliphatic rings. The SMILES string of the molecule is N#C[C@@H]1CC(F)(F)CN1C(=O)CNC(=O)c1ccnc2ccc(OCCCCNC(=O)N3CCNCCN(C(=O)NCCCCOc4ccc5nccc(C(=O)NCC(=O)N6CC(F)(F)C[C@H]6C#N)c5c4)CCNCC3)cc12. The molecule has 2 aromatic heterocycles. The number of aromatic nitrogens is 2. The number of nitrogens with one attached hydrogen (secondary N) is 6. The fourth-order valence-corrected chi connectivity index (χ4v) is 9.10. The van der Waals surface area contributed by atoms with Crippen molar-refractivity contribution >= 4 is 57.5 Å². The van der Waals surface area contributed by atoms with Crippen LogP contribution in [0.4, 0.5) is 27.2 Å². The van der Waals surface area contributed by atoms with Gasteiger partial charge in [-0.05, 0) is 74.2 Å². The number of nitriles is 2. The van der Waals surface area contributed by atoms with Gasteiger partial charge in [-0.1, -0.05) is 0 Å². The Kier molecular flexibility index (Phi) is 20.1. The molecule has 78 heavy (non-hydrogen) atoms. The monoisotopic (exact) mass is 1090 g/mol. The molecule has 26 heteroatoms. The normalized spacial score (nSPS) is 18.4. The van der Waals surface area contributed by atoms with Crippen molar-refractivity contribution < 1.29 is 55.8 Å². The van der Waals surface area contributed by atoms with E-state index in [1.54, 1.807) is 58.3 Å². The van der Waals surface area contributed by atoms with Crippen LogP contribution in [-0.2, 0) is 9.59 Å². The van der Waals surface area contributed by atoms with Crippen LogP contribution in [0.2, 0.25) is 0 Å². The average Bonchev–Trinajstić information content (AvgIpc) is 3.94. The molecule has 22 nitrogen and oxygen atoms in total. The molecule has 0 radical (unpaired) electrons. The summed E-state index contributed by atoms with van der Waals surface area (Å²) in [6.07, 6.45) is 3.84. The molecule has 2 atom stereocenters. The van der Waals surface area contributed by atoms with Crippen molar-refractivity contribution in [1.29, 1.82) is 10.5 Å². The number of carbonyl (C=O) groups excluding carboxylic acids is 6. The van der Waals surface area contributed by atoms with Crippen LogP contribution in [0.5, 0.6) is 11.5 Å². The van der Waals surface area contributed by atoms with Crippen molar-refractivity contribution in [1.82, 2.24) is 61.5 Å². The fraction of sp³-hybridized carbons (Fsp3) is 0.500. The number of pyridine rings is 2. The third-order valence-electron chi connectivity index (χ3n) is 13.2. The Hall–Kier alpha value is -8.10. The maximum Gasteiger partial charge on any atom is 0.317 e. The summed E-state index contributed by atoms with van der Waals surface area (Å²) in [7, 11) is 0. The molecule has 4 aromatic rings. The molecular weight excluding hydrogens is 1020 g/mol. The van der Waals surface area contributed by atoms with Gasteiger partial charge in [0, 0.05) is 101 Å². The zero-order chi connectivity index (χ0) is 55.7. The van der Waals surface area contributed by atoms with Crippen LogP contribution >= 0.6 is 0 Å². The molecule has 5 heterocycles. The Bertz CT molecular complexity index is 2680. The molecule has 0 unspecified atom stereocenters. The van der Waals surface area contributed by atoms with Gasteiger partial charge in [0.1, 0.15) is 23.6 Å². The number of benzene rings is 2. The molecule has 2 aromatic carbocycles. The minimum Gasteiger partial charge on any atom is -0.494 e. The van der Waals surface area contributed by atoms with E-state index in [4.69, 9.17) is 9.47 Å². The van der Waals surface area contributed by atoms with E-state index in [0.717, 1.165) is 9.80 Å². The third kappa shape index (κ3) is 16.0. The number of fused-ring (bicyclic) bond motifs is 2. The number of hydrogen-bond acceptors (Lipinski definition) is 14. The number of carbonyl (C=O) groups is 6. The summed E-state index contributed by atoms with van der Waals surface area (Å²) < 4.78 is 67.3. The van der Waals surface area contributed by atoms with E-state index >= 15 is 0 Å². The van der Waals surface area contributed by atoms with E-state index in [2.05, 4.69) is 41.9 Å². The van der Waals surface area contributed by atoms with Crippen LogP contribution in [0, 0.1) is 22.7 Å². The predicted octanol–water partition coefficient (Wildman–Crippen LogP) is 3.00. The molecule has 0 spiro atoms. The van der Waals surface area contributed by atoms with Crippen molar-refractivity contribution in [2.45, 2.75) is 62.5 Å². The molecule has 3 fully saturated rings. The molecule has 3 aliphatic heterocycles. The lowest BCUT2D eigenvalue weighted by Gasteiger charge is -2.27. The molecule has 0 aliphatic carbocycles. The van der Waals surface area contributed by atoms with E-state index in [9.17, 15) is 56.9 Å². The zero-order valence-electron chi connectivity index (χ0n) is 42.8. The zero-order valence-corrected chi connectivity index (χ0v) is 42.8. The number of nitrogens with zero attached hydrogens (tertiary/aromatic N) is 8. The van der Waals surface area contributed by atoms with Gasteiger partial charge in [-0.3, -0.25) is 29.1 Å². The van der Waals surface area contributed by atoms with Crippen molar-refractivity contribution in [3.8, 4) is 23.6 Å². The summed E-state index contributed by atoms with van der Waals surface area (Å²) in [6.45, 7) is 2.42. The Balaban J connectivity index is 0.751. The quantitative estimate of drug-likeness (QED) is 0.0618. The largest absolute Gasteiger partial charge is 0.494 e. The lowest BCUT2D eigenvalue weighted by molar-refractivity contribution is -0.132. The van der Waals surface area contributed by atoms with Crippen molar-refractivity contribution in [2.75, 3.05) is 105 Å². The van der Waals surface area contributed by atoms with Crippen molar-refractivity contribution in [3.63, 3.8) is 0 Å². The molecule has 0 bridgehead atoms. The molecular formula is C52H62F4N14O8. The molecule has 6 N–H and O–H groups in total. The minimum atomic E-state index is -3.17. The van der Waals surface area contributed by atoms with Gasteiger partial charge in [0.2, 0.25) is 11.8 Å².